The minimum Gasteiger partial charge on any atom is -0.494 e. The molecule has 4 aliphatic rings. The lowest BCUT2D eigenvalue weighted by molar-refractivity contribution is -0.145. The Kier molecular flexibility index (Phi) is 7.63. The molecule has 4 aliphatic heterocycles. The van der Waals surface area contributed by atoms with Gasteiger partial charge in [0.25, 0.3) is 0 Å². The number of amides is 3. The number of ether oxygens (including phenoxy) is 3. The van der Waals surface area contributed by atoms with Crippen LogP contribution in [0.2, 0.25) is 0 Å². The van der Waals surface area contributed by atoms with Gasteiger partial charge in [0.1, 0.15) is 17.4 Å². The van der Waals surface area contributed by atoms with Crippen molar-refractivity contribution in [3.05, 3.63) is 24.3 Å². The first kappa shape index (κ1) is 26.9. The molecule has 1 spiro atoms. The van der Waals surface area contributed by atoms with E-state index in [1.807, 2.05) is 13.8 Å². The van der Waals surface area contributed by atoms with Gasteiger partial charge in [-0.2, -0.15) is 0 Å². The standard InChI is InChI=1S/C27H38N4O7/c1-3-37-19-6-4-18(5-7-19)29-23(33)20-21-25(35)31(12-15-32)22(27(21)9-8-26(20,2)38-27)24(34)28-10-11-30-13-16-36-17-14-30/h4-7,20-22,32H,3,8-17H2,1-2H3,(H,28,34)(H,29,33)/t20-,21-,22?,26+,27?/m0/s1. The van der Waals surface area contributed by atoms with Gasteiger partial charge in [0.15, 0.2) is 0 Å². The number of rotatable bonds is 10. The van der Waals surface area contributed by atoms with E-state index < -0.39 is 29.1 Å². The number of morpholine rings is 1. The van der Waals surface area contributed by atoms with E-state index in [4.69, 9.17) is 14.2 Å². The zero-order chi connectivity index (χ0) is 26.9. The zero-order valence-electron chi connectivity index (χ0n) is 22.1. The van der Waals surface area contributed by atoms with Crippen molar-refractivity contribution in [1.82, 2.24) is 15.1 Å². The van der Waals surface area contributed by atoms with Crippen molar-refractivity contribution in [1.29, 1.82) is 0 Å². The van der Waals surface area contributed by atoms with Crippen molar-refractivity contribution < 1.29 is 33.7 Å². The Morgan fingerprint density at radius 3 is 2.55 bits per heavy atom. The van der Waals surface area contributed by atoms with Gasteiger partial charge in [-0.25, -0.2) is 0 Å². The van der Waals surface area contributed by atoms with Gasteiger partial charge in [0.05, 0.1) is 43.9 Å². The molecule has 0 radical (unpaired) electrons. The maximum Gasteiger partial charge on any atom is 0.245 e. The van der Waals surface area contributed by atoms with Crippen molar-refractivity contribution in [3.8, 4) is 5.75 Å². The minimum atomic E-state index is -1.11. The number of aliphatic hydroxyl groups excluding tert-OH is 1. The summed E-state index contributed by atoms with van der Waals surface area (Å²) in [5.41, 5.74) is -1.38. The van der Waals surface area contributed by atoms with Gasteiger partial charge in [-0.15, -0.1) is 0 Å². The van der Waals surface area contributed by atoms with Crippen molar-refractivity contribution in [2.75, 3.05) is 64.5 Å². The Labute approximate surface area is 222 Å². The first-order valence-corrected chi connectivity index (χ1v) is 13.6. The van der Waals surface area contributed by atoms with Gasteiger partial charge in [-0.3, -0.25) is 19.3 Å². The van der Waals surface area contributed by atoms with Crippen LogP contribution in [0.5, 0.6) is 5.75 Å². The number of carbonyl (C=O) groups excluding carboxylic acids is 3. The van der Waals surface area contributed by atoms with Crippen LogP contribution in [0.4, 0.5) is 5.69 Å². The molecule has 0 aromatic heterocycles. The lowest BCUT2D eigenvalue weighted by Gasteiger charge is -2.33. The fraction of sp³-hybridized carbons (Fsp3) is 0.667. The summed E-state index contributed by atoms with van der Waals surface area (Å²) in [5.74, 6) is -1.79. The molecular formula is C27H38N4O7. The average Bonchev–Trinajstić information content (AvgIpc) is 3.47. The van der Waals surface area contributed by atoms with Crippen LogP contribution < -0.4 is 15.4 Å². The summed E-state index contributed by atoms with van der Waals surface area (Å²) < 4.78 is 17.4. The third-order valence-corrected chi connectivity index (χ3v) is 8.41. The molecule has 4 saturated heterocycles. The molecule has 3 amide bonds. The fourth-order valence-electron chi connectivity index (χ4n) is 6.76. The van der Waals surface area contributed by atoms with Gasteiger partial charge in [-0.05, 0) is 51.0 Å². The van der Waals surface area contributed by atoms with Gasteiger partial charge in [-0.1, -0.05) is 0 Å². The Morgan fingerprint density at radius 2 is 1.87 bits per heavy atom. The predicted molar refractivity (Wildman–Crippen MR) is 138 cm³/mol. The molecule has 5 atom stereocenters. The van der Waals surface area contributed by atoms with Crippen molar-refractivity contribution >= 4 is 23.4 Å². The number of anilines is 1. The highest BCUT2D eigenvalue weighted by atomic mass is 16.5. The average molecular weight is 531 g/mol. The molecule has 0 saturated carbocycles. The van der Waals surface area contributed by atoms with E-state index in [2.05, 4.69) is 15.5 Å². The summed E-state index contributed by atoms with van der Waals surface area (Å²) in [6.45, 7) is 8.10. The molecular weight excluding hydrogens is 492 g/mol. The maximum absolute atomic E-state index is 13.8. The second-order valence-corrected chi connectivity index (χ2v) is 10.7. The van der Waals surface area contributed by atoms with Crippen molar-refractivity contribution in [2.24, 2.45) is 11.8 Å². The first-order chi connectivity index (χ1) is 18.3. The number of β-amino-alcohol motifs (C(OH)–C–C–N with tert-alkyl or cyclic N) is 1. The monoisotopic (exact) mass is 530 g/mol. The predicted octanol–water partition coefficient (Wildman–Crippen LogP) is 0.229. The summed E-state index contributed by atoms with van der Waals surface area (Å²) in [6, 6.07) is 6.17. The van der Waals surface area contributed by atoms with E-state index in [1.54, 1.807) is 24.3 Å². The quantitative estimate of drug-likeness (QED) is 0.392. The van der Waals surface area contributed by atoms with E-state index in [0.717, 1.165) is 13.1 Å². The van der Waals surface area contributed by atoms with E-state index in [9.17, 15) is 19.5 Å². The number of carbonyl (C=O) groups is 3. The third-order valence-electron chi connectivity index (χ3n) is 8.41. The number of hydrogen-bond donors (Lipinski definition) is 3. The number of aliphatic hydroxyl groups is 1. The highest BCUT2D eigenvalue weighted by Crippen LogP contribution is 2.63. The maximum atomic E-state index is 13.8. The Balaban J connectivity index is 1.34. The number of hydrogen-bond acceptors (Lipinski definition) is 8. The number of likely N-dealkylation sites (tertiary alicyclic amines) is 1. The van der Waals surface area contributed by atoms with E-state index in [-0.39, 0.29) is 30.9 Å². The summed E-state index contributed by atoms with van der Waals surface area (Å²) >= 11 is 0. The number of benzene rings is 1. The summed E-state index contributed by atoms with van der Waals surface area (Å²) in [4.78, 5) is 44.6. The molecule has 1 aromatic carbocycles. The highest BCUT2D eigenvalue weighted by Gasteiger charge is 2.77. The topological polar surface area (TPSA) is 130 Å². The van der Waals surface area contributed by atoms with Crippen molar-refractivity contribution in [3.63, 3.8) is 0 Å². The molecule has 2 bridgehead atoms. The summed E-state index contributed by atoms with van der Waals surface area (Å²) in [5, 5.41) is 15.7. The van der Waals surface area contributed by atoms with Crippen LogP contribution in [0.25, 0.3) is 0 Å². The van der Waals surface area contributed by atoms with Crippen LogP contribution in [0.1, 0.15) is 26.7 Å². The largest absolute Gasteiger partial charge is 0.494 e. The van der Waals surface area contributed by atoms with Crippen molar-refractivity contribution in [2.45, 2.75) is 43.9 Å². The van der Waals surface area contributed by atoms with Gasteiger partial charge >= 0.3 is 0 Å². The van der Waals surface area contributed by atoms with Crippen LogP contribution in [0.3, 0.4) is 0 Å². The Hall–Kier alpha value is -2.73. The molecule has 1 aromatic rings. The second-order valence-electron chi connectivity index (χ2n) is 10.7. The van der Waals surface area contributed by atoms with Crippen LogP contribution >= 0.6 is 0 Å². The molecule has 0 aliphatic carbocycles. The molecule has 2 unspecified atom stereocenters. The van der Waals surface area contributed by atoms with Gasteiger partial charge in [0, 0.05) is 38.4 Å². The molecule has 5 rings (SSSR count). The molecule has 208 valence electrons. The molecule has 11 nitrogen and oxygen atoms in total. The first-order valence-electron chi connectivity index (χ1n) is 13.6. The van der Waals surface area contributed by atoms with Crippen LogP contribution in [0, 0.1) is 11.8 Å². The molecule has 4 heterocycles. The third kappa shape index (κ3) is 4.66. The Bertz CT molecular complexity index is 1050. The lowest BCUT2D eigenvalue weighted by atomic mass is 9.66. The van der Waals surface area contributed by atoms with E-state index >= 15 is 0 Å². The molecule has 11 heteroatoms. The van der Waals surface area contributed by atoms with E-state index in [0.29, 0.717) is 57.2 Å². The number of nitrogens with zero attached hydrogens (tertiary/aromatic N) is 2. The number of fused-ring (bicyclic) bond motifs is 1. The molecule has 4 fully saturated rings. The molecule has 38 heavy (non-hydrogen) atoms. The normalized spacial score (nSPS) is 32.3. The number of nitrogens with one attached hydrogen (secondary N) is 2. The molecule has 3 N–H and O–H groups in total. The van der Waals surface area contributed by atoms with Gasteiger partial charge in [0.2, 0.25) is 17.7 Å². The smallest absolute Gasteiger partial charge is 0.245 e. The summed E-state index contributed by atoms with van der Waals surface area (Å²) in [7, 11) is 0. The van der Waals surface area contributed by atoms with Gasteiger partial charge < -0.3 is 34.9 Å². The minimum absolute atomic E-state index is 0.00589. The highest BCUT2D eigenvalue weighted by molar-refractivity contribution is 6.02. The van der Waals surface area contributed by atoms with Crippen LogP contribution in [-0.2, 0) is 23.9 Å². The lowest BCUT2D eigenvalue weighted by Crippen LogP contribution is -2.56. The fourth-order valence-corrected chi connectivity index (χ4v) is 6.76. The van der Waals surface area contributed by atoms with Crippen LogP contribution in [-0.4, -0.2) is 109 Å². The Morgan fingerprint density at radius 1 is 1.13 bits per heavy atom. The van der Waals surface area contributed by atoms with E-state index in [1.165, 1.54) is 4.90 Å². The zero-order valence-corrected chi connectivity index (χ0v) is 22.1. The SMILES string of the molecule is CCOc1ccc(NC(=O)[C@@H]2[C@H]3C(=O)N(CCO)C(C(=O)NCCN4CCOCC4)C34CC[C@@]2(C)O4)cc1. The van der Waals surface area contributed by atoms with Crippen LogP contribution in [0.15, 0.2) is 24.3 Å². The summed E-state index contributed by atoms with van der Waals surface area (Å²) in [6.07, 6.45) is 1.05. The second kappa shape index (κ2) is 10.8.